The van der Waals surface area contributed by atoms with Crippen molar-refractivity contribution in [1.29, 1.82) is 0 Å². The van der Waals surface area contributed by atoms with Crippen LogP contribution in [0, 0.1) is 10.1 Å². The second kappa shape index (κ2) is 8.21. The molecule has 0 aliphatic carbocycles. The number of nitrogens with zero attached hydrogens (tertiary/aromatic N) is 1. The number of ether oxygens (including phenoxy) is 1. The summed E-state index contributed by atoms with van der Waals surface area (Å²) in [5, 5.41) is 16.8. The lowest BCUT2D eigenvalue weighted by molar-refractivity contribution is -0.384. The SMILES string of the molecule is CCNC(C)CC(=O)Nc1ccc(OCC)cc1[N+](=O)[O-]. The highest BCUT2D eigenvalue weighted by Crippen LogP contribution is 2.29. The van der Waals surface area contributed by atoms with Crippen molar-refractivity contribution >= 4 is 17.3 Å². The third-order valence-corrected chi connectivity index (χ3v) is 2.80. The molecule has 0 heterocycles. The van der Waals surface area contributed by atoms with Crippen molar-refractivity contribution in [3.05, 3.63) is 28.3 Å². The van der Waals surface area contributed by atoms with E-state index in [4.69, 9.17) is 4.74 Å². The minimum Gasteiger partial charge on any atom is -0.494 e. The average Bonchev–Trinajstić information content (AvgIpc) is 2.40. The standard InChI is InChI=1S/C14H21N3O4/c1-4-15-10(3)8-14(18)16-12-7-6-11(21-5-2)9-13(12)17(19)20/h6-7,9-10,15H,4-5,8H2,1-3H3,(H,16,18). The minimum atomic E-state index is -0.536. The van der Waals surface area contributed by atoms with E-state index >= 15 is 0 Å². The van der Waals surface area contributed by atoms with E-state index in [-0.39, 0.29) is 29.7 Å². The highest BCUT2D eigenvalue weighted by Gasteiger charge is 2.18. The van der Waals surface area contributed by atoms with Gasteiger partial charge in [-0.3, -0.25) is 14.9 Å². The number of nitrogens with one attached hydrogen (secondary N) is 2. The Balaban J connectivity index is 2.82. The lowest BCUT2D eigenvalue weighted by atomic mass is 10.2. The zero-order chi connectivity index (χ0) is 15.8. The summed E-state index contributed by atoms with van der Waals surface area (Å²) in [6.45, 7) is 6.81. The Labute approximate surface area is 123 Å². The molecule has 7 heteroatoms. The molecule has 2 N–H and O–H groups in total. The van der Waals surface area contributed by atoms with Crippen molar-refractivity contribution in [2.24, 2.45) is 0 Å². The van der Waals surface area contributed by atoms with Crippen LogP contribution in [-0.2, 0) is 4.79 Å². The molecule has 0 spiro atoms. The first-order chi connectivity index (χ1) is 9.97. The van der Waals surface area contributed by atoms with Crippen LogP contribution in [0.1, 0.15) is 27.2 Å². The van der Waals surface area contributed by atoms with Crippen molar-refractivity contribution in [2.45, 2.75) is 33.2 Å². The van der Waals surface area contributed by atoms with Crippen LogP contribution in [0.5, 0.6) is 5.75 Å². The van der Waals surface area contributed by atoms with Crippen LogP contribution in [0.25, 0.3) is 0 Å². The second-order valence-electron chi connectivity index (χ2n) is 4.58. The number of nitro groups is 1. The van der Waals surface area contributed by atoms with Gasteiger partial charge in [0.25, 0.3) is 5.69 Å². The van der Waals surface area contributed by atoms with Crippen LogP contribution >= 0.6 is 0 Å². The predicted molar refractivity (Wildman–Crippen MR) is 80.7 cm³/mol. The largest absolute Gasteiger partial charge is 0.494 e. The Bertz CT molecular complexity index is 505. The molecule has 0 radical (unpaired) electrons. The maximum Gasteiger partial charge on any atom is 0.296 e. The van der Waals surface area contributed by atoms with Crippen LogP contribution in [0.3, 0.4) is 0 Å². The highest BCUT2D eigenvalue weighted by atomic mass is 16.6. The summed E-state index contributed by atoms with van der Waals surface area (Å²) in [5.74, 6) is 0.138. The summed E-state index contributed by atoms with van der Waals surface area (Å²) >= 11 is 0. The molecule has 0 fully saturated rings. The van der Waals surface area contributed by atoms with E-state index in [0.29, 0.717) is 12.4 Å². The van der Waals surface area contributed by atoms with E-state index in [2.05, 4.69) is 10.6 Å². The van der Waals surface area contributed by atoms with Crippen LogP contribution in [0.15, 0.2) is 18.2 Å². The second-order valence-corrected chi connectivity index (χ2v) is 4.58. The Morgan fingerprint density at radius 1 is 1.43 bits per heavy atom. The molecule has 0 saturated heterocycles. The van der Waals surface area contributed by atoms with E-state index in [9.17, 15) is 14.9 Å². The molecule has 116 valence electrons. The van der Waals surface area contributed by atoms with Crippen LogP contribution in [0.4, 0.5) is 11.4 Å². The quantitative estimate of drug-likeness (QED) is 0.567. The number of benzene rings is 1. The van der Waals surface area contributed by atoms with Gasteiger partial charge in [-0.1, -0.05) is 6.92 Å². The van der Waals surface area contributed by atoms with Crippen LogP contribution < -0.4 is 15.4 Å². The van der Waals surface area contributed by atoms with Crippen molar-refractivity contribution in [3.63, 3.8) is 0 Å². The first-order valence-electron chi connectivity index (χ1n) is 6.92. The first kappa shape index (κ1) is 16.9. The van der Waals surface area contributed by atoms with Gasteiger partial charge >= 0.3 is 0 Å². The van der Waals surface area contributed by atoms with Gasteiger partial charge in [0.2, 0.25) is 5.91 Å². The third kappa shape index (κ3) is 5.39. The lowest BCUT2D eigenvalue weighted by Gasteiger charge is -2.12. The van der Waals surface area contributed by atoms with Gasteiger partial charge in [-0.15, -0.1) is 0 Å². The van der Waals surface area contributed by atoms with E-state index in [1.807, 2.05) is 13.8 Å². The summed E-state index contributed by atoms with van der Waals surface area (Å²) in [5.41, 5.74) is 0.00237. The summed E-state index contributed by atoms with van der Waals surface area (Å²) in [6.07, 6.45) is 0.248. The Morgan fingerprint density at radius 3 is 2.71 bits per heavy atom. The Morgan fingerprint density at radius 2 is 2.14 bits per heavy atom. The normalized spacial score (nSPS) is 11.8. The van der Waals surface area contributed by atoms with Crippen molar-refractivity contribution < 1.29 is 14.5 Å². The van der Waals surface area contributed by atoms with Crippen LogP contribution in [-0.4, -0.2) is 30.0 Å². The number of nitro benzene ring substituents is 1. The minimum absolute atomic E-state index is 0.0109. The topological polar surface area (TPSA) is 93.5 Å². The van der Waals surface area contributed by atoms with Crippen molar-refractivity contribution in [2.75, 3.05) is 18.5 Å². The number of amides is 1. The molecular formula is C14H21N3O4. The maximum absolute atomic E-state index is 11.9. The molecule has 1 atom stereocenters. The van der Waals surface area contributed by atoms with Crippen molar-refractivity contribution in [3.8, 4) is 5.75 Å². The van der Waals surface area contributed by atoms with E-state index < -0.39 is 4.92 Å². The Kier molecular flexibility index (Phi) is 6.61. The highest BCUT2D eigenvalue weighted by molar-refractivity contribution is 5.93. The lowest BCUT2D eigenvalue weighted by Crippen LogP contribution is -2.30. The molecule has 0 aliphatic heterocycles. The van der Waals surface area contributed by atoms with Gasteiger partial charge in [0.15, 0.2) is 0 Å². The predicted octanol–water partition coefficient (Wildman–Crippen LogP) is 2.32. The van der Waals surface area contributed by atoms with Gasteiger partial charge in [-0.25, -0.2) is 0 Å². The molecule has 0 aromatic heterocycles. The molecule has 0 saturated carbocycles. The molecule has 1 amide bonds. The number of rotatable bonds is 8. The zero-order valence-electron chi connectivity index (χ0n) is 12.5. The van der Waals surface area contributed by atoms with E-state index in [1.54, 1.807) is 13.0 Å². The molecule has 0 bridgehead atoms. The van der Waals surface area contributed by atoms with Gasteiger partial charge in [-0.05, 0) is 32.5 Å². The third-order valence-electron chi connectivity index (χ3n) is 2.80. The fourth-order valence-corrected chi connectivity index (χ4v) is 1.92. The fourth-order valence-electron chi connectivity index (χ4n) is 1.92. The fraction of sp³-hybridized carbons (Fsp3) is 0.500. The van der Waals surface area contributed by atoms with Crippen molar-refractivity contribution in [1.82, 2.24) is 5.32 Å². The van der Waals surface area contributed by atoms with E-state index in [0.717, 1.165) is 6.54 Å². The molecule has 7 nitrogen and oxygen atoms in total. The van der Waals surface area contributed by atoms with Gasteiger partial charge in [-0.2, -0.15) is 0 Å². The number of carbonyl (C=O) groups is 1. The average molecular weight is 295 g/mol. The van der Waals surface area contributed by atoms with Gasteiger partial charge in [0.1, 0.15) is 11.4 Å². The van der Waals surface area contributed by atoms with Gasteiger partial charge in [0, 0.05) is 12.5 Å². The molecule has 1 aromatic rings. The zero-order valence-corrected chi connectivity index (χ0v) is 12.5. The first-order valence-corrected chi connectivity index (χ1v) is 6.92. The molecule has 1 unspecified atom stereocenters. The summed E-state index contributed by atoms with van der Waals surface area (Å²) in [6, 6.07) is 4.41. The molecular weight excluding hydrogens is 274 g/mol. The van der Waals surface area contributed by atoms with Crippen LogP contribution in [0.2, 0.25) is 0 Å². The number of carbonyl (C=O) groups excluding carboxylic acids is 1. The monoisotopic (exact) mass is 295 g/mol. The smallest absolute Gasteiger partial charge is 0.296 e. The summed E-state index contributed by atoms with van der Waals surface area (Å²) in [4.78, 5) is 22.4. The van der Waals surface area contributed by atoms with E-state index in [1.165, 1.54) is 12.1 Å². The number of anilines is 1. The molecule has 0 aliphatic rings. The molecule has 1 rings (SSSR count). The Hall–Kier alpha value is -2.15. The van der Waals surface area contributed by atoms with Gasteiger partial charge < -0.3 is 15.4 Å². The van der Waals surface area contributed by atoms with Gasteiger partial charge in [0.05, 0.1) is 17.6 Å². The number of hydrogen-bond donors (Lipinski definition) is 2. The summed E-state index contributed by atoms with van der Waals surface area (Å²) in [7, 11) is 0. The molecule has 21 heavy (non-hydrogen) atoms. The molecule has 1 aromatic carbocycles. The number of hydrogen-bond acceptors (Lipinski definition) is 5. The summed E-state index contributed by atoms with van der Waals surface area (Å²) < 4.78 is 5.23. The maximum atomic E-state index is 11.9.